The van der Waals surface area contributed by atoms with Crippen LogP contribution in [-0.4, -0.2) is 25.6 Å². The lowest BCUT2D eigenvalue weighted by atomic mass is 9.81. The fourth-order valence-corrected chi connectivity index (χ4v) is 7.52. The molecule has 3 aromatic carbocycles. The zero-order valence-electron chi connectivity index (χ0n) is 22.0. The number of carbonyl (C=O) groups excluding carboxylic acids is 1. The Morgan fingerprint density at radius 3 is 2.44 bits per heavy atom. The molecule has 0 aliphatic carbocycles. The van der Waals surface area contributed by atoms with Gasteiger partial charge < -0.3 is 19.5 Å². The van der Waals surface area contributed by atoms with Crippen molar-refractivity contribution in [3.05, 3.63) is 97.2 Å². The first-order chi connectivity index (χ1) is 19.8. The number of fused-ring (bicyclic) bond motifs is 4. The van der Waals surface area contributed by atoms with Gasteiger partial charge in [-0.2, -0.15) is 4.58 Å². The monoisotopic (exact) mass is 560 g/mol. The summed E-state index contributed by atoms with van der Waals surface area (Å²) in [5.41, 5.74) is 2.92. The summed E-state index contributed by atoms with van der Waals surface area (Å²) in [6.45, 7) is 2.60. The average Bonchev–Trinajstić information content (AvgIpc) is 2.98. The van der Waals surface area contributed by atoms with E-state index in [1.165, 1.54) is 0 Å². The number of nitrogens with zero attached hydrogens (tertiary/aromatic N) is 2. The fourth-order valence-electron chi connectivity index (χ4n) is 7.52. The Balaban J connectivity index is 1.59. The van der Waals surface area contributed by atoms with Crippen molar-refractivity contribution in [1.82, 2.24) is 4.58 Å². The van der Waals surface area contributed by atoms with Crippen LogP contribution in [0.1, 0.15) is 63.0 Å². The molecule has 208 valence electrons. The molecular formula is C32H24F4N2O3. The van der Waals surface area contributed by atoms with Crippen LogP contribution in [0.5, 0.6) is 11.5 Å². The normalized spacial score (nSPS) is 17.9. The Bertz CT molecular complexity index is 1910. The number of aromatic carboxylic acids is 1. The number of ether oxygens (including phenoxy) is 1. The first-order valence-electron chi connectivity index (χ1n) is 14.0. The predicted molar refractivity (Wildman–Crippen MR) is 141 cm³/mol. The second kappa shape index (κ2) is 8.68. The molecule has 0 aromatic heterocycles. The van der Waals surface area contributed by atoms with Crippen molar-refractivity contribution in [2.45, 2.75) is 44.9 Å². The molecule has 0 atom stereocenters. The highest BCUT2D eigenvalue weighted by Crippen LogP contribution is 2.49. The lowest BCUT2D eigenvalue weighted by Crippen LogP contribution is -2.41. The summed E-state index contributed by atoms with van der Waals surface area (Å²) < 4.78 is 69.2. The van der Waals surface area contributed by atoms with E-state index in [1.807, 2.05) is 18.3 Å². The second-order valence-electron chi connectivity index (χ2n) is 11.3. The van der Waals surface area contributed by atoms with Crippen molar-refractivity contribution < 1.29 is 32.2 Å². The number of anilines is 1. The second-order valence-corrected chi connectivity index (χ2v) is 11.3. The third-order valence-corrected chi connectivity index (χ3v) is 9.10. The van der Waals surface area contributed by atoms with E-state index in [-0.39, 0.29) is 5.57 Å². The highest BCUT2D eigenvalue weighted by molar-refractivity contribution is 5.99. The number of rotatable bonds is 2. The molecular weight excluding hydrogens is 536 g/mol. The number of carbonyl (C=O) groups is 1. The van der Waals surface area contributed by atoms with Crippen LogP contribution >= 0.6 is 0 Å². The van der Waals surface area contributed by atoms with Crippen molar-refractivity contribution in [3.63, 3.8) is 0 Å². The van der Waals surface area contributed by atoms with E-state index < -0.39 is 40.4 Å². The fraction of sp³-hybridized carbons (Fsp3) is 0.312. The highest BCUT2D eigenvalue weighted by Gasteiger charge is 2.38. The van der Waals surface area contributed by atoms with Gasteiger partial charge in [-0.05, 0) is 55.9 Å². The maximum Gasteiger partial charge on any atom is 0.215 e. The van der Waals surface area contributed by atoms with Crippen molar-refractivity contribution in [1.29, 1.82) is 0 Å². The van der Waals surface area contributed by atoms with Gasteiger partial charge in [-0.25, -0.2) is 17.6 Å². The zero-order chi connectivity index (χ0) is 28.2. The lowest BCUT2D eigenvalue weighted by Gasteiger charge is -2.39. The minimum atomic E-state index is -2.18. The SMILES string of the molecule is O=C([O-])c1c(F)c(F)c(F)c(F)c1C1=c2cc3c4c(c2Oc2c1cc1c5c2CCCN5CCC1)CCC[N+]=4C=CC3. The number of hydrogen-bond donors (Lipinski definition) is 0. The molecule has 5 heterocycles. The van der Waals surface area contributed by atoms with Crippen molar-refractivity contribution in [2.75, 3.05) is 24.5 Å². The maximum absolute atomic E-state index is 15.9. The first kappa shape index (κ1) is 24.6. The molecule has 5 nitrogen and oxygen atoms in total. The number of allylic oxidation sites excluding steroid dienone is 1. The van der Waals surface area contributed by atoms with Crippen LogP contribution in [0.25, 0.3) is 5.57 Å². The molecule has 0 radical (unpaired) electrons. The number of carboxylic acid groups (broad SMARTS) is 1. The summed E-state index contributed by atoms with van der Waals surface area (Å²) in [5.74, 6) is -9.27. The van der Waals surface area contributed by atoms with E-state index in [4.69, 9.17) is 4.74 Å². The Labute approximate surface area is 232 Å². The number of halogens is 4. The Kier molecular flexibility index (Phi) is 5.22. The van der Waals surface area contributed by atoms with Gasteiger partial charge >= 0.3 is 0 Å². The van der Waals surface area contributed by atoms with E-state index in [9.17, 15) is 18.7 Å². The topological polar surface area (TPSA) is 55.6 Å². The summed E-state index contributed by atoms with van der Waals surface area (Å²) in [4.78, 5) is 14.6. The average molecular weight is 561 g/mol. The molecule has 0 bridgehead atoms. The largest absolute Gasteiger partial charge is 0.545 e. The van der Waals surface area contributed by atoms with Crippen LogP contribution in [0, 0.1) is 23.3 Å². The van der Waals surface area contributed by atoms with E-state index in [0.29, 0.717) is 41.5 Å². The molecule has 0 saturated heterocycles. The predicted octanol–water partition coefficient (Wildman–Crippen LogP) is 3.17. The molecule has 0 saturated carbocycles. The molecule has 0 amide bonds. The standard InChI is InChI=1S/C32H24F4N2O3/c33-24-22(23(32(39)40)25(34)27(36)26(24)35)21-19-13-15-5-1-9-37-11-3-7-17(28(15)37)30(19)41-31-18-8-4-12-38-10-2-6-16(29(18)38)14-20(21)31/h1,9,13-14H,2-8,10-12H2. The zero-order valence-corrected chi connectivity index (χ0v) is 22.0. The summed E-state index contributed by atoms with van der Waals surface area (Å²) in [7, 11) is 0. The third kappa shape index (κ3) is 3.29. The third-order valence-electron chi connectivity index (χ3n) is 9.10. The smallest absolute Gasteiger partial charge is 0.215 e. The van der Waals surface area contributed by atoms with Gasteiger partial charge in [-0.3, -0.25) is 0 Å². The number of aryl methyl sites for hydroxylation is 1. The molecule has 5 aliphatic heterocycles. The Hall–Kier alpha value is -4.14. The minimum Gasteiger partial charge on any atom is -0.545 e. The van der Waals surface area contributed by atoms with Gasteiger partial charge in [0.15, 0.2) is 29.5 Å². The van der Waals surface area contributed by atoms with Gasteiger partial charge in [0.05, 0.1) is 11.5 Å². The van der Waals surface area contributed by atoms with E-state index in [2.05, 4.69) is 9.48 Å². The minimum absolute atomic E-state index is 0.0109. The van der Waals surface area contributed by atoms with Crippen LogP contribution in [0.3, 0.4) is 0 Å². The van der Waals surface area contributed by atoms with Gasteiger partial charge in [-0.1, -0.05) is 0 Å². The van der Waals surface area contributed by atoms with Crippen LogP contribution in [0.4, 0.5) is 23.2 Å². The van der Waals surface area contributed by atoms with E-state index in [1.54, 1.807) is 6.07 Å². The Morgan fingerprint density at radius 1 is 0.878 bits per heavy atom. The van der Waals surface area contributed by atoms with Crippen molar-refractivity contribution in [3.8, 4) is 11.5 Å². The van der Waals surface area contributed by atoms with Gasteiger partial charge in [0.2, 0.25) is 5.36 Å². The lowest BCUT2D eigenvalue weighted by molar-refractivity contribution is -0.255. The summed E-state index contributed by atoms with van der Waals surface area (Å²) in [6, 6.07) is 3.63. The molecule has 0 N–H and O–H groups in total. The van der Waals surface area contributed by atoms with Crippen LogP contribution in [0.15, 0.2) is 24.4 Å². The number of carboxylic acids is 1. The van der Waals surface area contributed by atoms with Gasteiger partial charge in [-0.15, -0.1) is 0 Å². The molecule has 41 heavy (non-hydrogen) atoms. The van der Waals surface area contributed by atoms with Crippen LogP contribution < -0.4 is 29.9 Å². The van der Waals surface area contributed by atoms with E-state index >= 15 is 8.78 Å². The molecule has 0 fully saturated rings. The molecule has 8 rings (SSSR count). The molecule has 9 heteroatoms. The van der Waals surface area contributed by atoms with Gasteiger partial charge in [0.1, 0.15) is 18.0 Å². The summed E-state index contributed by atoms with van der Waals surface area (Å²) >= 11 is 0. The first-order valence-corrected chi connectivity index (χ1v) is 14.0. The summed E-state index contributed by atoms with van der Waals surface area (Å²) in [5, 5.41) is 13.6. The quantitative estimate of drug-likeness (QED) is 0.164. The van der Waals surface area contributed by atoms with Crippen LogP contribution in [0.2, 0.25) is 0 Å². The summed E-state index contributed by atoms with van der Waals surface area (Å²) in [6.07, 6.45) is 9.26. The maximum atomic E-state index is 15.9. The van der Waals surface area contributed by atoms with E-state index in [0.717, 1.165) is 78.6 Å². The Morgan fingerprint density at radius 2 is 1.63 bits per heavy atom. The molecule has 0 unspecified atom stereocenters. The molecule has 0 spiro atoms. The van der Waals surface area contributed by atoms with Crippen molar-refractivity contribution >= 4 is 17.2 Å². The van der Waals surface area contributed by atoms with Crippen LogP contribution in [-0.2, 0) is 25.7 Å². The highest BCUT2D eigenvalue weighted by atomic mass is 19.2. The van der Waals surface area contributed by atoms with Gasteiger partial charge in [0.25, 0.3) is 0 Å². The van der Waals surface area contributed by atoms with Gasteiger partial charge in [0, 0.05) is 70.2 Å². The molecule has 3 aromatic rings. The van der Waals surface area contributed by atoms with Crippen molar-refractivity contribution in [2.24, 2.45) is 0 Å². The number of hydrogen-bond acceptors (Lipinski definition) is 4. The number of benzene rings is 3. The molecule has 5 aliphatic rings.